The molecule has 1 amide bonds. The van der Waals surface area contributed by atoms with E-state index in [-0.39, 0.29) is 5.91 Å². The monoisotopic (exact) mass is 342 g/mol. The van der Waals surface area contributed by atoms with Crippen LogP contribution in [-0.2, 0) is 6.54 Å². The summed E-state index contributed by atoms with van der Waals surface area (Å²) in [6.07, 6.45) is 1.88. The molecule has 21 heavy (non-hydrogen) atoms. The Balaban J connectivity index is 1.80. The minimum atomic E-state index is 0.0199. The first-order chi connectivity index (χ1) is 10.1. The summed E-state index contributed by atoms with van der Waals surface area (Å²) < 4.78 is 1.02. The summed E-state index contributed by atoms with van der Waals surface area (Å²) in [5, 5.41) is 1.11. The second-order valence-corrected chi connectivity index (χ2v) is 5.99. The maximum Gasteiger partial charge on any atom is 0.253 e. The normalized spacial score (nSPS) is 10.8. The quantitative estimate of drug-likeness (QED) is 0.760. The van der Waals surface area contributed by atoms with Gasteiger partial charge in [0.05, 0.1) is 0 Å². The van der Waals surface area contributed by atoms with Gasteiger partial charge in [-0.25, -0.2) is 0 Å². The molecule has 0 fully saturated rings. The Morgan fingerprint density at radius 2 is 2.05 bits per heavy atom. The molecule has 0 saturated heterocycles. The molecule has 3 rings (SSSR count). The van der Waals surface area contributed by atoms with Crippen LogP contribution in [-0.4, -0.2) is 22.8 Å². The number of carbonyl (C=O) groups is 1. The van der Waals surface area contributed by atoms with Gasteiger partial charge in [-0.3, -0.25) is 4.79 Å². The van der Waals surface area contributed by atoms with E-state index in [0.29, 0.717) is 12.1 Å². The molecule has 0 aliphatic carbocycles. The van der Waals surface area contributed by atoms with Crippen molar-refractivity contribution in [2.45, 2.75) is 6.54 Å². The number of nitrogens with one attached hydrogen (secondary N) is 1. The van der Waals surface area contributed by atoms with Crippen LogP contribution in [0.4, 0.5) is 0 Å². The SMILES string of the molecule is CN(Cc1cccc(Br)c1)C(=O)c1ccc2cc[nH]c2c1. The molecule has 0 aliphatic rings. The summed E-state index contributed by atoms with van der Waals surface area (Å²) in [6.45, 7) is 0.584. The van der Waals surface area contributed by atoms with Crippen molar-refractivity contribution in [3.05, 3.63) is 70.3 Å². The van der Waals surface area contributed by atoms with Gasteiger partial charge in [0.15, 0.2) is 0 Å². The van der Waals surface area contributed by atoms with Gasteiger partial charge in [0.25, 0.3) is 5.91 Å². The molecule has 106 valence electrons. The second-order valence-electron chi connectivity index (χ2n) is 5.07. The van der Waals surface area contributed by atoms with Gasteiger partial charge in [-0.1, -0.05) is 34.1 Å². The van der Waals surface area contributed by atoms with E-state index in [9.17, 15) is 4.79 Å². The first-order valence-electron chi connectivity index (χ1n) is 6.70. The molecule has 0 bridgehead atoms. The van der Waals surface area contributed by atoms with Gasteiger partial charge in [-0.2, -0.15) is 0 Å². The lowest BCUT2D eigenvalue weighted by atomic mass is 10.1. The summed E-state index contributed by atoms with van der Waals surface area (Å²) in [4.78, 5) is 17.4. The lowest BCUT2D eigenvalue weighted by molar-refractivity contribution is 0.0785. The lowest BCUT2D eigenvalue weighted by Gasteiger charge is -2.17. The molecule has 1 heterocycles. The highest BCUT2D eigenvalue weighted by Crippen LogP contribution is 2.17. The van der Waals surface area contributed by atoms with Gasteiger partial charge in [0, 0.05) is 35.3 Å². The number of carbonyl (C=O) groups excluding carboxylic acids is 1. The number of amides is 1. The molecular weight excluding hydrogens is 328 g/mol. The number of hydrogen-bond donors (Lipinski definition) is 1. The molecule has 2 aromatic carbocycles. The number of fused-ring (bicyclic) bond motifs is 1. The van der Waals surface area contributed by atoms with Gasteiger partial charge in [-0.15, -0.1) is 0 Å². The van der Waals surface area contributed by atoms with Crippen molar-refractivity contribution in [1.82, 2.24) is 9.88 Å². The largest absolute Gasteiger partial charge is 0.361 e. The summed E-state index contributed by atoms with van der Waals surface area (Å²) in [7, 11) is 1.82. The Morgan fingerprint density at radius 3 is 2.86 bits per heavy atom. The fourth-order valence-corrected chi connectivity index (χ4v) is 2.83. The van der Waals surface area contributed by atoms with Crippen LogP contribution in [0.1, 0.15) is 15.9 Å². The molecule has 4 heteroatoms. The second kappa shape index (κ2) is 5.74. The van der Waals surface area contributed by atoms with Gasteiger partial charge >= 0.3 is 0 Å². The topological polar surface area (TPSA) is 36.1 Å². The predicted molar refractivity (Wildman–Crippen MR) is 88.2 cm³/mol. The zero-order valence-electron chi connectivity index (χ0n) is 11.6. The number of halogens is 1. The minimum absolute atomic E-state index is 0.0199. The van der Waals surface area contributed by atoms with Gasteiger partial charge < -0.3 is 9.88 Å². The van der Waals surface area contributed by atoms with Crippen molar-refractivity contribution >= 4 is 32.7 Å². The highest BCUT2D eigenvalue weighted by atomic mass is 79.9. The Morgan fingerprint density at radius 1 is 1.19 bits per heavy atom. The van der Waals surface area contributed by atoms with Gasteiger partial charge in [0.2, 0.25) is 0 Å². The standard InChI is InChI=1S/C17H15BrN2O/c1-20(11-12-3-2-4-15(18)9-12)17(21)14-6-5-13-7-8-19-16(13)10-14/h2-10,19H,11H2,1H3. The van der Waals surface area contributed by atoms with E-state index in [1.165, 1.54) is 0 Å². The van der Waals surface area contributed by atoms with E-state index in [1.54, 1.807) is 4.90 Å². The third-order valence-electron chi connectivity index (χ3n) is 3.46. The van der Waals surface area contributed by atoms with Gasteiger partial charge in [-0.05, 0) is 41.3 Å². The first-order valence-corrected chi connectivity index (χ1v) is 7.50. The Bertz CT molecular complexity index is 794. The van der Waals surface area contributed by atoms with Crippen LogP contribution in [0.15, 0.2) is 59.2 Å². The average molecular weight is 343 g/mol. The number of hydrogen-bond acceptors (Lipinski definition) is 1. The Kier molecular flexibility index (Phi) is 3.80. The zero-order valence-corrected chi connectivity index (χ0v) is 13.2. The van der Waals surface area contributed by atoms with E-state index in [1.807, 2.05) is 61.8 Å². The van der Waals surface area contributed by atoms with Crippen molar-refractivity contribution in [2.75, 3.05) is 7.05 Å². The summed E-state index contributed by atoms with van der Waals surface area (Å²) in [5.41, 5.74) is 2.78. The minimum Gasteiger partial charge on any atom is -0.361 e. The van der Waals surface area contributed by atoms with Crippen LogP contribution < -0.4 is 0 Å². The van der Waals surface area contributed by atoms with Crippen molar-refractivity contribution < 1.29 is 4.79 Å². The van der Waals surface area contributed by atoms with Gasteiger partial charge in [0.1, 0.15) is 0 Å². The predicted octanol–water partition coefficient (Wildman–Crippen LogP) is 4.20. The van der Waals surface area contributed by atoms with Crippen LogP contribution in [0.3, 0.4) is 0 Å². The molecule has 0 aliphatic heterocycles. The van der Waals surface area contributed by atoms with E-state index >= 15 is 0 Å². The molecule has 1 N–H and O–H groups in total. The third-order valence-corrected chi connectivity index (χ3v) is 3.95. The number of H-pyrrole nitrogens is 1. The summed E-state index contributed by atoms with van der Waals surface area (Å²) in [5.74, 6) is 0.0199. The average Bonchev–Trinajstić information content (AvgIpc) is 2.93. The molecular formula is C17H15BrN2O. The molecule has 1 aromatic heterocycles. The van der Waals surface area contributed by atoms with Crippen LogP contribution >= 0.6 is 15.9 Å². The number of rotatable bonds is 3. The molecule has 0 atom stereocenters. The van der Waals surface area contributed by atoms with E-state index in [4.69, 9.17) is 0 Å². The molecule has 3 nitrogen and oxygen atoms in total. The Labute approximate surface area is 131 Å². The van der Waals surface area contributed by atoms with E-state index in [0.717, 1.165) is 20.9 Å². The van der Waals surface area contributed by atoms with Crippen molar-refractivity contribution in [3.63, 3.8) is 0 Å². The van der Waals surface area contributed by atoms with Crippen molar-refractivity contribution in [1.29, 1.82) is 0 Å². The highest BCUT2D eigenvalue weighted by molar-refractivity contribution is 9.10. The third kappa shape index (κ3) is 3.00. The fraction of sp³-hybridized carbons (Fsp3) is 0.118. The molecule has 0 saturated carbocycles. The maximum atomic E-state index is 12.5. The highest BCUT2D eigenvalue weighted by Gasteiger charge is 2.12. The van der Waals surface area contributed by atoms with Crippen LogP contribution in [0.2, 0.25) is 0 Å². The molecule has 0 spiro atoms. The number of nitrogens with zero attached hydrogens (tertiary/aromatic N) is 1. The van der Waals surface area contributed by atoms with Crippen LogP contribution in [0.5, 0.6) is 0 Å². The number of aromatic nitrogens is 1. The zero-order chi connectivity index (χ0) is 14.8. The lowest BCUT2D eigenvalue weighted by Crippen LogP contribution is -2.26. The van der Waals surface area contributed by atoms with Crippen molar-refractivity contribution in [3.8, 4) is 0 Å². The van der Waals surface area contributed by atoms with Crippen LogP contribution in [0.25, 0.3) is 10.9 Å². The smallest absolute Gasteiger partial charge is 0.253 e. The first kappa shape index (κ1) is 13.9. The van der Waals surface area contributed by atoms with Crippen molar-refractivity contribution in [2.24, 2.45) is 0 Å². The number of aromatic amines is 1. The molecule has 3 aromatic rings. The summed E-state index contributed by atoms with van der Waals surface area (Å²) in [6, 6.07) is 15.7. The van der Waals surface area contributed by atoms with E-state index in [2.05, 4.69) is 20.9 Å². The maximum absolute atomic E-state index is 12.5. The molecule has 0 radical (unpaired) electrons. The van der Waals surface area contributed by atoms with Crippen LogP contribution in [0, 0.1) is 0 Å². The van der Waals surface area contributed by atoms with E-state index < -0.39 is 0 Å². The Hall–Kier alpha value is -2.07. The molecule has 0 unspecified atom stereocenters. The number of benzene rings is 2. The summed E-state index contributed by atoms with van der Waals surface area (Å²) >= 11 is 3.45. The fourth-order valence-electron chi connectivity index (χ4n) is 2.38.